The predicted octanol–water partition coefficient (Wildman–Crippen LogP) is 4.68. The molecule has 11 heteroatoms. The zero-order valence-corrected chi connectivity index (χ0v) is 24.1. The molecular formula is C30H32ClN5O5. The molecule has 4 aromatic rings. The number of methoxy groups -OCH3 is 2. The summed E-state index contributed by atoms with van der Waals surface area (Å²) in [6, 6.07) is 12.4. The highest BCUT2D eigenvalue weighted by Crippen LogP contribution is 2.38. The first kappa shape index (κ1) is 29.6. The molecule has 0 saturated carbocycles. The maximum absolute atomic E-state index is 14.1. The number of aliphatic hydroxyl groups is 1. The summed E-state index contributed by atoms with van der Waals surface area (Å²) in [6.45, 7) is 7.24. The average Bonchev–Trinajstić information content (AvgIpc) is 2.97. The van der Waals surface area contributed by atoms with Crippen LogP contribution in [0.4, 0.5) is 11.6 Å². The Labute approximate surface area is 242 Å². The van der Waals surface area contributed by atoms with Gasteiger partial charge in [-0.2, -0.15) is 4.98 Å². The van der Waals surface area contributed by atoms with Gasteiger partial charge in [-0.05, 0) is 56.2 Å². The third-order valence-corrected chi connectivity index (χ3v) is 6.85. The number of aryl methyl sites for hydroxylation is 2. The van der Waals surface area contributed by atoms with E-state index in [9.17, 15) is 14.7 Å². The van der Waals surface area contributed by atoms with Gasteiger partial charge in [-0.3, -0.25) is 14.2 Å². The Morgan fingerprint density at radius 1 is 1.15 bits per heavy atom. The number of nitrogens with zero attached hydrogens (tertiary/aromatic N) is 3. The summed E-state index contributed by atoms with van der Waals surface area (Å²) in [5.41, 5.74) is 1.81. The van der Waals surface area contributed by atoms with Crippen LogP contribution in [0.1, 0.15) is 19.4 Å². The van der Waals surface area contributed by atoms with Crippen LogP contribution >= 0.6 is 11.6 Å². The van der Waals surface area contributed by atoms with Crippen molar-refractivity contribution in [2.75, 3.05) is 31.5 Å². The molecular weight excluding hydrogens is 546 g/mol. The highest BCUT2D eigenvalue weighted by atomic mass is 35.5. The minimum absolute atomic E-state index is 0.139. The standard InChI is InChI=1S/C30H32ClN5O5/c1-6-25(38)33-20-9-7-18(8-10-20)11-12-36-27-19(16-32-29(34-27)35-30(2,3)17-37)13-23(28(36)39)22-14-21(40-4)15-24(41-5)26(22)31/h6-10,13-16,37H,1,11-12,17H2,2-5H3,(H,33,38)(H,32,34,35). The maximum Gasteiger partial charge on any atom is 0.260 e. The highest BCUT2D eigenvalue weighted by molar-refractivity contribution is 6.35. The van der Waals surface area contributed by atoms with Gasteiger partial charge >= 0.3 is 0 Å². The van der Waals surface area contributed by atoms with E-state index < -0.39 is 5.54 Å². The fraction of sp³-hybridized carbons (Fsp3) is 0.267. The highest BCUT2D eigenvalue weighted by Gasteiger charge is 2.21. The first-order valence-corrected chi connectivity index (χ1v) is 13.2. The molecule has 0 aliphatic rings. The number of hydrogen-bond acceptors (Lipinski definition) is 8. The quantitative estimate of drug-likeness (QED) is 0.219. The average molecular weight is 578 g/mol. The molecule has 4 rings (SSSR count). The minimum atomic E-state index is -0.674. The summed E-state index contributed by atoms with van der Waals surface area (Å²) >= 11 is 6.67. The topological polar surface area (TPSA) is 128 Å². The Morgan fingerprint density at radius 2 is 1.88 bits per heavy atom. The van der Waals surface area contributed by atoms with Crippen molar-refractivity contribution in [3.05, 3.63) is 82.3 Å². The zero-order valence-electron chi connectivity index (χ0n) is 23.3. The van der Waals surface area contributed by atoms with E-state index in [1.54, 1.807) is 41.1 Å². The van der Waals surface area contributed by atoms with Crippen molar-refractivity contribution >= 4 is 40.2 Å². The van der Waals surface area contributed by atoms with E-state index in [4.69, 9.17) is 21.1 Å². The second-order valence-corrected chi connectivity index (χ2v) is 10.4. The first-order chi connectivity index (χ1) is 19.6. The van der Waals surface area contributed by atoms with E-state index in [-0.39, 0.29) is 29.0 Å². The van der Waals surface area contributed by atoms with E-state index in [1.165, 1.54) is 20.3 Å². The lowest BCUT2D eigenvalue weighted by Crippen LogP contribution is -2.36. The molecule has 0 aliphatic carbocycles. The van der Waals surface area contributed by atoms with Crippen molar-refractivity contribution in [3.8, 4) is 22.6 Å². The van der Waals surface area contributed by atoms with Crippen molar-refractivity contribution in [2.24, 2.45) is 0 Å². The lowest BCUT2D eigenvalue weighted by Gasteiger charge is -2.23. The number of nitrogens with one attached hydrogen (secondary N) is 2. The molecule has 214 valence electrons. The Balaban J connectivity index is 1.82. The summed E-state index contributed by atoms with van der Waals surface area (Å²) in [7, 11) is 3.02. The fourth-order valence-electron chi connectivity index (χ4n) is 4.19. The fourth-order valence-corrected chi connectivity index (χ4v) is 4.47. The molecule has 1 amide bonds. The maximum atomic E-state index is 14.1. The third-order valence-electron chi connectivity index (χ3n) is 6.46. The molecule has 0 unspecified atom stereocenters. The molecule has 2 aromatic heterocycles. The second kappa shape index (κ2) is 12.4. The molecule has 41 heavy (non-hydrogen) atoms. The van der Waals surface area contributed by atoms with E-state index in [2.05, 4.69) is 27.2 Å². The SMILES string of the molecule is C=CC(=O)Nc1ccc(CCn2c(=O)c(-c3cc(OC)cc(OC)c3Cl)cc3cnc(NC(C)(C)CO)nc32)cc1. The minimum Gasteiger partial charge on any atom is -0.497 e. The molecule has 0 bridgehead atoms. The number of aliphatic hydroxyl groups excluding tert-OH is 1. The van der Waals surface area contributed by atoms with Crippen molar-refractivity contribution in [1.82, 2.24) is 14.5 Å². The van der Waals surface area contributed by atoms with Gasteiger partial charge in [0.15, 0.2) is 0 Å². The van der Waals surface area contributed by atoms with Crippen LogP contribution in [0.25, 0.3) is 22.2 Å². The Kier molecular flexibility index (Phi) is 8.95. The largest absolute Gasteiger partial charge is 0.497 e. The summed E-state index contributed by atoms with van der Waals surface area (Å²) < 4.78 is 12.4. The van der Waals surface area contributed by atoms with Crippen LogP contribution in [0.5, 0.6) is 11.5 Å². The van der Waals surface area contributed by atoms with Gasteiger partial charge in [0.05, 0.1) is 31.4 Å². The molecule has 2 heterocycles. The number of anilines is 2. The number of aromatic nitrogens is 3. The summed E-state index contributed by atoms with van der Waals surface area (Å²) in [4.78, 5) is 34.7. The summed E-state index contributed by atoms with van der Waals surface area (Å²) in [5, 5.41) is 16.4. The molecule has 0 fully saturated rings. The first-order valence-electron chi connectivity index (χ1n) is 12.8. The van der Waals surface area contributed by atoms with Gasteiger partial charge in [0.1, 0.15) is 17.1 Å². The number of amides is 1. The molecule has 2 aromatic carbocycles. The van der Waals surface area contributed by atoms with Crippen LogP contribution in [0.2, 0.25) is 5.02 Å². The molecule has 0 aliphatic heterocycles. The number of carbonyl (C=O) groups excluding carboxylic acids is 1. The van der Waals surface area contributed by atoms with Crippen molar-refractivity contribution in [2.45, 2.75) is 32.4 Å². The molecule has 0 radical (unpaired) electrons. The molecule has 0 spiro atoms. The number of fused-ring (bicyclic) bond motifs is 1. The number of pyridine rings is 1. The van der Waals surface area contributed by atoms with Crippen molar-refractivity contribution in [1.29, 1.82) is 0 Å². The molecule has 10 nitrogen and oxygen atoms in total. The summed E-state index contributed by atoms with van der Waals surface area (Å²) in [6.07, 6.45) is 3.33. The van der Waals surface area contributed by atoms with Gasteiger partial charge in [0.2, 0.25) is 11.9 Å². The lowest BCUT2D eigenvalue weighted by molar-refractivity contribution is -0.111. The third kappa shape index (κ3) is 6.67. The zero-order chi connectivity index (χ0) is 29.7. The number of benzene rings is 2. The van der Waals surface area contributed by atoms with Crippen molar-refractivity contribution < 1.29 is 19.4 Å². The van der Waals surface area contributed by atoms with E-state index in [0.717, 1.165) is 5.56 Å². The number of halogens is 1. The van der Waals surface area contributed by atoms with Crippen LogP contribution in [0.15, 0.2) is 66.1 Å². The number of hydrogen-bond donors (Lipinski definition) is 3. The Morgan fingerprint density at radius 3 is 2.51 bits per heavy atom. The van der Waals surface area contributed by atoms with Gasteiger partial charge in [-0.1, -0.05) is 30.3 Å². The molecule has 0 saturated heterocycles. The van der Waals surface area contributed by atoms with E-state index in [1.807, 2.05) is 26.0 Å². The van der Waals surface area contributed by atoms with Crippen LogP contribution in [-0.4, -0.2) is 51.9 Å². The number of carbonyl (C=O) groups is 1. The smallest absolute Gasteiger partial charge is 0.260 e. The van der Waals surface area contributed by atoms with E-state index >= 15 is 0 Å². The Bertz CT molecular complexity index is 1650. The lowest BCUT2D eigenvalue weighted by atomic mass is 10.0. The van der Waals surface area contributed by atoms with Crippen LogP contribution in [0.3, 0.4) is 0 Å². The summed E-state index contributed by atoms with van der Waals surface area (Å²) in [5.74, 6) is 0.838. The van der Waals surface area contributed by atoms with Crippen LogP contribution < -0.4 is 25.7 Å². The van der Waals surface area contributed by atoms with Gasteiger partial charge in [-0.25, -0.2) is 4.98 Å². The van der Waals surface area contributed by atoms with Gasteiger partial charge in [0, 0.05) is 41.0 Å². The predicted molar refractivity (Wildman–Crippen MR) is 161 cm³/mol. The molecule has 0 atom stereocenters. The number of ether oxygens (including phenoxy) is 2. The van der Waals surface area contributed by atoms with Crippen LogP contribution in [-0.2, 0) is 17.8 Å². The van der Waals surface area contributed by atoms with Gasteiger partial charge in [-0.15, -0.1) is 0 Å². The van der Waals surface area contributed by atoms with Crippen molar-refractivity contribution in [3.63, 3.8) is 0 Å². The monoisotopic (exact) mass is 577 g/mol. The second-order valence-electron chi connectivity index (χ2n) is 9.99. The van der Waals surface area contributed by atoms with Gasteiger partial charge < -0.3 is 25.2 Å². The Hall–Kier alpha value is -4.41. The number of rotatable bonds is 11. The normalized spacial score (nSPS) is 11.3. The molecule has 3 N–H and O–H groups in total. The van der Waals surface area contributed by atoms with Gasteiger partial charge in [0.25, 0.3) is 5.56 Å². The van der Waals surface area contributed by atoms with Crippen LogP contribution in [0, 0.1) is 0 Å². The van der Waals surface area contributed by atoms with E-state index in [0.29, 0.717) is 52.3 Å².